The van der Waals surface area contributed by atoms with E-state index in [4.69, 9.17) is 9.16 Å². The Morgan fingerprint density at radius 1 is 1.40 bits per heavy atom. The summed E-state index contributed by atoms with van der Waals surface area (Å²) in [4.78, 5) is 11.7. The molecule has 1 aliphatic rings. The van der Waals surface area contributed by atoms with E-state index in [2.05, 4.69) is 40.4 Å². The highest BCUT2D eigenvalue weighted by Gasteiger charge is 2.43. The van der Waals surface area contributed by atoms with Crippen molar-refractivity contribution >= 4 is 14.3 Å². The number of esters is 1. The number of rotatable bonds is 5. The Hall–Kier alpha value is -0.613. The van der Waals surface area contributed by atoms with Gasteiger partial charge in [0, 0.05) is 5.92 Å². The molecule has 0 aromatic heterocycles. The number of carbonyl (C=O) groups is 1. The van der Waals surface area contributed by atoms with E-state index in [-0.39, 0.29) is 23.0 Å². The SMILES string of the molecule is C=C1CC[C@H](O[Si](C)(C)C(C)(C)C)[C@H]1CC(=O)OCC. The van der Waals surface area contributed by atoms with Gasteiger partial charge in [0.15, 0.2) is 8.32 Å². The Labute approximate surface area is 124 Å². The molecule has 0 bridgehead atoms. The largest absolute Gasteiger partial charge is 0.466 e. The molecule has 0 aromatic rings. The van der Waals surface area contributed by atoms with Gasteiger partial charge in [-0.25, -0.2) is 0 Å². The Morgan fingerprint density at radius 3 is 2.50 bits per heavy atom. The van der Waals surface area contributed by atoms with Crippen LogP contribution < -0.4 is 0 Å². The summed E-state index contributed by atoms with van der Waals surface area (Å²) in [7, 11) is -1.80. The van der Waals surface area contributed by atoms with E-state index in [1.807, 2.05) is 6.92 Å². The van der Waals surface area contributed by atoms with Crippen molar-refractivity contribution in [3.63, 3.8) is 0 Å². The third kappa shape index (κ3) is 4.19. The van der Waals surface area contributed by atoms with Crippen molar-refractivity contribution in [3.05, 3.63) is 12.2 Å². The van der Waals surface area contributed by atoms with Crippen LogP contribution in [0.15, 0.2) is 12.2 Å². The van der Waals surface area contributed by atoms with E-state index in [0.717, 1.165) is 18.4 Å². The summed E-state index contributed by atoms with van der Waals surface area (Å²) < 4.78 is 11.6. The van der Waals surface area contributed by atoms with Gasteiger partial charge < -0.3 is 9.16 Å². The van der Waals surface area contributed by atoms with E-state index >= 15 is 0 Å². The molecule has 4 heteroatoms. The summed E-state index contributed by atoms with van der Waals surface area (Å²) in [6, 6.07) is 0. The smallest absolute Gasteiger partial charge is 0.306 e. The lowest BCUT2D eigenvalue weighted by atomic mass is 9.98. The third-order valence-corrected chi connectivity index (χ3v) is 9.17. The molecular weight excluding hydrogens is 268 g/mol. The second kappa shape index (κ2) is 6.44. The molecule has 1 aliphatic carbocycles. The van der Waals surface area contributed by atoms with Gasteiger partial charge in [-0.1, -0.05) is 32.9 Å². The zero-order valence-electron chi connectivity index (χ0n) is 13.9. The molecule has 0 aromatic carbocycles. The van der Waals surface area contributed by atoms with Crippen molar-refractivity contribution in [2.24, 2.45) is 5.92 Å². The fraction of sp³-hybridized carbons (Fsp3) is 0.812. The fourth-order valence-electron chi connectivity index (χ4n) is 2.35. The van der Waals surface area contributed by atoms with Gasteiger partial charge in [0.05, 0.1) is 19.1 Å². The Balaban J connectivity index is 2.74. The molecule has 0 radical (unpaired) electrons. The van der Waals surface area contributed by atoms with Crippen LogP contribution in [0.4, 0.5) is 0 Å². The van der Waals surface area contributed by atoms with Crippen molar-refractivity contribution in [1.29, 1.82) is 0 Å². The second-order valence-electron chi connectivity index (χ2n) is 7.23. The lowest BCUT2D eigenvalue weighted by Crippen LogP contribution is -2.45. The van der Waals surface area contributed by atoms with Crippen molar-refractivity contribution in [2.45, 2.75) is 71.2 Å². The number of carbonyl (C=O) groups excluding carboxylic acids is 1. The zero-order valence-corrected chi connectivity index (χ0v) is 14.9. The van der Waals surface area contributed by atoms with E-state index in [1.54, 1.807) is 0 Å². The maximum absolute atomic E-state index is 11.7. The average molecular weight is 298 g/mol. The lowest BCUT2D eigenvalue weighted by Gasteiger charge is -2.39. The van der Waals surface area contributed by atoms with Crippen molar-refractivity contribution in [1.82, 2.24) is 0 Å². The normalized spacial score (nSPS) is 24.0. The van der Waals surface area contributed by atoms with E-state index in [1.165, 1.54) is 0 Å². The maximum atomic E-state index is 11.7. The molecule has 2 atom stereocenters. The highest BCUT2D eigenvalue weighted by molar-refractivity contribution is 6.74. The van der Waals surface area contributed by atoms with Crippen LogP contribution in [0, 0.1) is 5.92 Å². The molecule has 20 heavy (non-hydrogen) atoms. The molecule has 116 valence electrons. The quantitative estimate of drug-likeness (QED) is 0.431. The van der Waals surface area contributed by atoms with Crippen LogP contribution in [-0.2, 0) is 14.0 Å². The number of hydrogen-bond acceptors (Lipinski definition) is 3. The van der Waals surface area contributed by atoms with Crippen LogP contribution in [0.5, 0.6) is 0 Å². The van der Waals surface area contributed by atoms with Crippen LogP contribution in [0.3, 0.4) is 0 Å². The van der Waals surface area contributed by atoms with Crippen LogP contribution in [0.2, 0.25) is 18.1 Å². The topological polar surface area (TPSA) is 35.5 Å². The standard InChI is InChI=1S/C16H30O3Si/c1-8-18-15(17)11-13-12(2)9-10-14(13)19-20(6,7)16(3,4)5/h13-14H,2,8-11H2,1,3-7H3/t13-,14-/m0/s1. The molecule has 1 rings (SSSR count). The molecule has 0 amide bonds. The first-order chi connectivity index (χ1) is 9.08. The summed E-state index contributed by atoms with van der Waals surface area (Å²) in [6.07, 6.45) is 2.48. The summed E-state index contributed by atoms with van der Waals surface area (Å²) in [5.74, 6) is -0.00689. The van der Waals surface area contributed by atoms with Gasteiger partial charge in [-0.3, -0.25) is 4.79 Å². The van der Waals surface area contributed by atoms with Gasteiger partial charge >= 0.3 is 5.97 Å². The fourth-order valence-corrected chi connectivity index (χ4v) is 3.74. The highest BCUT2D eigenvalue weighted by Crippen LogP contribution is 2.42. The Kier molecular flexibility index (Phi) is 5.61. The van der Waals surface area contributed by atoms with Crippen LogP contribution in [0.25, 0.3) is 0 Å². The van der Waals surface area contributed by atoms with Crippen LogP contribution >= 0.6 is 0 Å². The minimum Gasteiger partial charge on any atom is -0.466 e. The molecular formula is C16H30O3Si. The predicted octanol–water partition coefficient (Wildman–Crippen LogP) is 4.30. The molecule has 0 unspecified atom stereocenters. The predicted molar refractivity (Wildman–Crippen MR) is 85.2 cm³/mol. The molecule has 0 aliphatic heterocycles. The molecule has 1 saturated carbocycles. The molecule has 3 nitrogen and oxygen atoms in total. The molecule has 0 N–H and O–H groups in total. The van der Waals surface area contributed by atoms with Crippen molar-refractivity contribution in [2.75, 3.05) is 6.61 Å². The van der Waals surface area contributed by atoms with E-state index in [0.29, 0.717) is 13.0 Å². The first kappa shape index (κ1) is 17.4. The summed E-state index contributed by atoms with van der Waals surface area (Å²) in [6.45, 7) is 17.6. The van der Waals surface area contributed by atoms with E-state index in [9.17, 15) is 4.79 Å². The van der Waals surface area contributed by atoms with Crippen LogP contribution in [0.1, 0.15) is 47.0 Å². The minimum absolute atomic E-state index is 0.128. The van der Waals surface area contributed by atoms with Crippen molar-refractivity contribution in [3.8, 4) is 0 Å². The first-order valence-corrected chi connectivity index (χ1v) is 10.5. The average Bonchev–Trinajstić information content (AvgIpc) is 2.60. The Morgan fingerprint density at radius 2 is 2.00 bits per heavy atom. The van der Waals surface area contributed by atoms with Gasteiger partial charge in [0.25, 0.3) is 0 Å². The first-order valence-electron chi connectivity index (χ1n) is 7.59. The number of ether oxygens (including phenoxy) is 1. The molecule has 0 saturated heterocycles. The van der Waals surface area contributed by atoms with Gasteiger partial charge in [-0.15, -0.1) is 0 Å². The van der Waals surface area contributed by atoms with E-state index < -0.39 is 8.32 Å². The second-order valence-corrected chi connectivity index (χ2v) is 12.0. The van der Waals surface area contributed by atoms with Gasteiger partial charge in [0.1, 0.15) is 0 Å². The highest BCUT2D eigenvalue weighted by atomic mass is 28.4. The third-order valence-electron chi connectivity index (χ3n) is 4.67. The molecule has 1 fully saturated rings. The molecule has 0 heterocycles. The molecule has 0 spiro atoms. The van der Waals surface area contributed by atoms with Crippen molar-refractivity contribution < 1.29 is 14.0 Å². The Bertz CT molecular complexity index is 368. The number of hydrogen-bond donors (Lipinski definition) is 0. The zero-order chi connectivity index (χ0) is 15.6. The van der Waals surface area contributed by atoms with Gasteiger partial charge in [-0.2, -0.15) is 0 Å². The van der Waals surface area contributed by atoms with Gasteiger partial charge in [0.2, 0.25) is 0 Å². The lowest BCUT2D eigenvalue weighted by molar-refractivity contribution is -0.144. The minimum atomic E-state index is -1.80. The van der Waals surface area contributed by atoms with Gasteiger partial charge in [-0.05, 0) is 37.9 Å². The maximum Gasteiger partial charge on any atom is 0.306 e. The summed E-state index contributed by atoms with van der Waals surface area (Å²) >= 11 is 0. The summed E-state index contributed by atoms with van der Waals surface area (Å²) in [5.41, 5.74) is 1.14. The summed E-state index contributed by atoms with van der Waals surface area (Å²) in [5, 5.41) is 0.186. The van der Waals surface area contributed by atoms with Crippen LogP contribution in [-0.4, -0.2) is 27.0 Å². The monoisotopic (exact) mass is 298 g/mol.